The summed E-state index contributed by atoms with van der Waals surface area (Å²) < 4.78 is 17.6. The molecule has 7 nitrogen and oxygen atoms in total. The lowest BCUT2D eigenvalue weighted by Crippen LogP contribution is -2.58. The van der Waals surface area contributed by atoms with Crippen LogP contribution in [0.25, 0.3) is 0 Å². The van der Waals surface area contributed by atoms with Gasteiger partial charge in [0.25, 0.3) is 0 Å². The van der Waals surface area contributed by atoms with E-state index in [1.165, 1.54) is 55.6 Å². The molecule has 5 atom stereocenters. The maximum Gasteiger partial charge on any atom is 0.303 e. The average Bonchev–Trinajstić information content (AvgIpc) is 3.29. The molecule has 1 heterocycles. The number of fused-ring (bicyclic) bond motifs is 4. The predicted molar refractivity (Wildman–Crippen MR) is 164 cm³/mol. The third kappa shape index (κ3) is 5.52. The molecule has 0 spiro atoms. The molecule has 43 heavy (non-hydrogen) atoms. The van der Waals surface area contributed by atoms with Gasteiger partial charge in [0, 0.05) is 38.3 Å². The molecule has 1 aliphatic heterocycles. The van der Waals surface area contributed by atoms with Gasteiger partial charge in [0.1, 0.15) is 19.0 Å². The summed E-state index contributed by atoms with van der Waals surface area (Å²) in [5, 5.41) is 0. The number of esters is 1. The van der Waals surface area contributed by atoms with Crippen LogP contribution < -0.4 is 4.74 Å². The molecular weight excluding hydrogens is 542 g/mol. The summed E-state index contributed by atoms with van der Waals surface area (Å²) in [6.45, 7) is 7.46. The topological polar surface area (TPSA) is 82.1 Å². The van der Waals surface area contributed by atoms with Gasteiger partial charge in [-0.1, -0.05) is 31.1 Å². The second-order valence-corrected chi connectivity index (χ2v) is 13.6. The Kier molecular flexibility index (Phi) is 8.67. The quantitative estimate of drug-likeness (QED) is 0.328. The average molecular weight is 590 g/mol. The molecule has 5 aliphatic rings. The van der Waals surface area contributed by atoms with Crippen LogP contribution in [-0.4, -0.2) is 68.0 Å². The first-order valence-corrected chi connectivity index (χ1v) is 16.4. The summed E-state index contributed by atoms with van der Waals surface area (Å²) in [5.74, 6) is 1.08. The molecule has 1 saturated heterocycles. The van der Waals surface area contributed by atoms with Gasteiger partial charge in [0.2, 0.25) is 5.78 Å². The van der Waals surface area contributed by atoms with Crippen molar-refractivity contribution >= 4 is 17.5 Å². The number of methoxy groups -OCH3 is 1. The lowest BCUT2D eigenvalue weighted by atomic mass is 9.50. The van der Waals surface area contributed by atoms with Gasteiger partial charge in [-0.05, 0) is 111 Å². The van der Waals surface area contributed by atoms with E-state index in [0.29, 0.717) is 25.9 Å². The van der Waals surface area contributed by atoms with E-state index in [2.05, 4.69) is 36.1 Å². The molecule has 0 N–H and O–H groups in total. The predicted octanol–water partition coefficient (Wildman–Crippen LogP) is 5.97. The Bertz CT molecular complexity index is 1310. The van der Waals surface area contributed by atoms with Crippen LogP contribution in [0.2, 0.25) is 0 Å². The highest BCUT2D eigenvalue weighted by Crippen LogP contribution is 2.67. The third-order valence-electron chi connectivity index (χ3n) is 11.3. The summed E-state index contributed by atoms with van der Waals surface area (Å²) >= 11 is 0. The number of benzene rings is 1. The van der Waals surface area contributed by atoms with Crippen molar-refractivity contribution in [2.45, 2.75) is 89.6 Å². The molecule has 3 fully saturated rings. The van der Waals surface area contributed by atoms with E-state index in [1.807, 2.05) is 6.08 Å². The lowest BCUT2D eigenvalue weighted by Gasteiger charge is -2.55. The third-order valence-corrected chi connectivity index (χ3v) is 11.3. The highest BCUT2D eigenvalue weighted by atomic mass is 16.6. The fourth-order valence-corrected chi connectivity index (χ4v) is 9.39. The van der Waals surface area contributed by atoms with Gasteiger partial charge in [0.15, 0.2) is 11.4 Å². The van der Waals surface area contributed by atoms with E-state index in [-0.39, 0.29) is 35.9 Å². The minimum Gasteiger partial charge on any atom is -0.492 e. The second kappa shape index (κ2) is 12.3. The SMILES string of the molecule is COCC(=O)[C@@]1(OC(C)=O)CCC2C3CCC4=CC(=O)CCC4=C3[C@@H](c3ccc(OCCN4CCCCC4)cc3)C[C@@]21C. The van der Waals surface area contributed by atoms with Crippen molar-refractivity contribution in [2.24, 2.45) is 17.3 Å². The van der Waals surface area contributed by atoms with Crippen LogP contribution >= 0.6 is 0 Å². The Morgan fingerprint density at radius 3 is 2.51 bits per heavy atom. The maximum absolute atomic E-state index is 13.8. The number of allylic oxidation sites excluding steroid dienone is 4. The van der Waals surface area contributed by atoms with Gasteiger partial charge in [-0.25, -0.2) is 0 Å². The summed E-state index contributed by atoms with van der Waals surface area (Å²) in [6.07, 6.45) is 11.0. The molecule has 2 unspecified atom stereocenters. The van der Waals surface area contributed by atoms with Gasteiger partial charge in [-0.15, -0.1) is 0 Å². The number of piperidine rings is 1. The van der Waals surface area contributed by atoms with E-state index in [9.17, 15) is 14.4 Å². The molecule has 6 rings (SSSR count). The number of ketones is 2. The highest BCUT2D eigenvalue weighted by Gasteiger charge is 2.68. The van der Waals surface area contributed by atoms with Crippen LogP contribution in [0.1, 0.15) is 89.5 Å². The van der Waals surface area contributed by atoms with E-state index < -0.39 is 17.0 Å². The van der Waals surface area contributed by atoms with Crippen molar-refractivity contribution in [3.8, 4) is 5.75 Å². The zero-order valence-corrected chi connectivity index (χ0v) is 26.1. The maximum atomic E-state index is 13.8. The van der Waals surface area contributed by atoms with E-state index in [1.54, 1.807) is 0 Å². The van der Waals surface area contributed by atoms with Crippen LogP contribution in [0.3, 0.4) is 0 Å². The zero-order valence-electron chi connectivity index (χ0n) is 26.1. The largest absolute Gasteiger partial charge is 0.492 e. The number of rotatable bonds is 9. The van der Waals surface area contributed by atoms with Gasteiger partial charge < -0.3 is 14.2 Å². The molecule has 2 saturated carbocycles. The summed E-state index contributed by atoms with van der Waals surface area (Å²) in [6, 6.07) is 8.52. The standard InChI is InChI=1S/C36H47NO6/c1-24(38)43-36(33(40)23-41-3)16-15-32-30-13-9-26-21-27(39)10-14-29(26)34(30)31(22-35(32,36)2)25-7-11-28(12-8-25)42-20-19-37-17-5-4-6-18-37/h7-8,11-12,21,30-32H,4-6,9-10,13-20,22-23H2,1-3H3/t30?,31-,32?,35+,36+/m1/s1. The Labute approximate surface area is 256 Å². The first kappa shape index (κ1) is 30.3. The molecule has 1 aromatic carbocycles. The molecular formula is C36H47NO6. The van der Waals surface area contributed by atoms with Gasteiger partial charge >= 0.3 is 5.97 Å². The van der Waals surface area contributed by atoms with Crippen molar-refractivity contribution in [2.75, 3.05) is 40.0 Å². The van der Waals surface area contributed by atoms with Crippen molar-refractivity contribution < 1.29 is 28.6 Å². The molecule has 0 radical (unpaired) electrons. The molecule has 0 aromatic heterocycles. The molecule has 0 bridgehead atoms. The van der Waals surface area contributed by atoms with E-state index in [4.69, 9.17) is 14.2 Å². The number of likely N-dealkylation sites (tertiary alicyclic amines) is 1. The van der Waals surface area contributed by atoms with E-state index >= 15 is 0 Å². The number of hydrogen-bond acceptors (Lipinski definition) is 7. The zero-order chi connectivity index (χ0) is 30.2. The molecule has 7 heteroatoms. The van der Waals surface area contributed by atoms with Crippen molar-refractivity contribution in [3.05, 3.63) is 52.6 Å². The van der Waals surface area contributed by atoms with Crippen LogP contribution in [0, 0.1) is 17.3 Å². The van der Waals surface area contributed by atoms with Crippen LogP contribution in [-0.2, 0) is 23.9 Å². The smallest absolute Gasteiger partial charge is 0.303 e. The van der Waals surface area contributed by atoms with Gasteiger partial charge in [-0.2, -0.15) is 0 Å². The molecule has 1 aromatic rings. The number of hydrogen-bond donors (Lipinski definition) is 0. The second-order valence-electron chi connectivity index (χ2n) is 13.6. The number of carbonyl (C=O) groups is 3. The van der Waals surface area contributed by atoms with Gasteiger partial charge in [-0.3, -0.25) is 19.3 Å². The van der Waals surface area contributed by atoms with Crippen molar-refractivity contribution in [3.63, 3.8) is 0 Å². The summed E-state index contributed by atoms with van der Waals surface area (Å²) in [7, 11) is 1.52. The van der Waals surface area contributed by atoms with Gasteiger partial charge in [0.05, 0.1) is 0 Å². The number of nitrogens with zero attached hydrogens (tertiary/aromatic N) is 1. The fourth-order valence-electron chi connectivity index (χ4n) is 9.39. The van der Waals surface area contributed by atoms with Crippen molar-refractivity contribution in [1.29, 1.82) is 0 Å². The minimum absolute atomic E-state index is 0.0592. The molecule has 232 valence electrons. The van der Waals surface area contributed by atoms with Crippen LogP contribution in [0.5, 0.6) is 5.75 Å². The lowest BCUT2D eigenvalue weighted by molar-refractivity contribution is -0.185. The molecule has 0 amide bonds. The van der Waals surface area contributed by atoms with Crippen LogP contribution in [0.4, 0.5) is 0 Å². The summed E-state index contributed by atoms with van der Waals surface area (Å²) in [5.41, 5.74) is 3.46. The summed E-state index contributed by atoms with van der Waals surface area (Å²) in [4.78, 5) is 41.2. The Balaban J connectivity index is 1.35. The normalized spacial score (nSPS) is 32.4. The number of Topliss-reactive ketones (excluding diaryl/α,β-unsaturated/α-hetero) is 1. The minimum atomic E-state index is -1.20. The fraction of sp³-hybridized carbons (Fsp3) is 0.639. The Morgan fingerprint density at radius 1 is 1.02 bits per heavy atom. The first-order valence-electron chi connectivity index (χ1n) is 16.4. The van der Waals surface area contributed by atoms with Crippen molar-refractivity contribution in [1.82, 2.24) is 4.90 Å². The van der Waals surface area contributed by atoms with Crippen LogP contribution in [0.15, 0.2) is 47.1 Å². The molecule has 4 aliphatic carbocycles. The highest BCUT2D eigenvalue weighted by molar-refractivity contribution is 5.93. The van der Waals surface area contributed by atoms with E-state index in [0.717, 1.165) is 51.1 Å². The Hall–Kier alpha value is -2.77. The number of ether oxygens (including phenoxy) is 3. The monoisotopic (exact) mass is 589 g/mol. The Morgan fingerprint density at radius 2 is 1.79 bits per heavy atom. The first-order chi connectivity index (χ1) is 20.8. The number of carbonyl (C=O) groups excluding carboxylic acids is 3.